The third-order valence-electron chi connectivity index (χ3n) is 3.31. The lowest BCUT2D eigenvalue weighted by Crippen LogP contribution is -2.38. The van der Waals surface area contributed by atoms with Gasteiger partial charge in [0.2, 0.25) is 0 Å². The van der Waals surface area contributed by atoms with Crippen LogP contribution in [-0.4, -0.2) is 55.9 Å². The van der Waals surface area contributed by atoms with Crippen molar-refractivity contribution in [1.82, 2.24) is 15.2 Å². The van der Waals surface area contributed by atoms with Gasteiger partial charge in [0.25, 0.3) is 0 Å². The molecular formula is C15H25N3O2. The molecule has 1 aromatic rings. The molecule has 1 N–H and O–H groups in total. The SMILES string of the molecule is CCCNCc1ccc(OCCN2CCOCC2)cn1. The van der Waals surface area contributed by atoms with Crippen molar-refractivity contribution < 1.29 is 9.47 Å². The molecule has 0 spiro atoms. The molecule has 2 heterocycles. The quantitative estimate of drug-likeness (QED) is 0.727. The molecule has 1 aromatic heterocycles. The highest BCUT2D eigenvalue weighted by Crippen LogP contribution is 2.09. The van der Waals surface area contributed by atoms with Gasteiger partial charge < -0.3 is 14.8 Å². The smallest absolute Gasteiger partial charge is 0.137 e. The molecule has 2 rings (SSSR count). The number of pyridine rings is 1. The molecule has 1 fully saturated rings. The summed E-state index contributed by atoms with van der Waals surface area (Å²) in [6, 6.07) is 4.02. The van der Waals surface area contributed by atoms with Crippen molar-refractivity contribution in [2.24, 2.45) is 0 Å². The second-order valence-corrected chi connectivity index (χ2v) is 4.96. The van der Waals surface area contributed by atoms with Gasteiger partial charge in [-0.3, -0.25) is 9.88 Å². The van der Waals surface area contributed by atoms with Crippen LogP contribution in [0.2, 0.25) is 0 Å². The van der Waals surface area contributed by atoms with Crippen LogP contribution in [-0.2, 0) is 11.3 Å². The first-order valence-electron chi connectivity index (χ1n) is 7.47. The van der Waals surface area contributed by atoms with Crippen LogP contribution in [0.25, 0.3) is 0 Å². The number of hydrogen-bond donors (Lipinski definition) is 1. The average molecular weight is 279 g/mol. The van der Waals surface area contributed by atoms with Crippen molar-refractivity contribution in [2.75, 3.05) is 46.0 Å². The number of ether oxygens (including phenoxy) is 2. The van der Waals surface area contributed by atoms with Crippen LogP contribution in [0.1, 0.15) is 19.0 Å². The van der Waals surface area contributed by atoms with E-state index in [9.17, 15) is 0 Å². The van der Waals surface area contributed by atoms with Gasteiger partial charge in [0.05, 0.1) is 25.1 Å². The topological polar surface area (TPSA) is 46.6 Å². The van der Waals surface area contributed by atoms with Gasteiger partial charge in [-0.1, -0.05) is 6.92 Å². The largest absolute Gasteiger partial charge is 0.491 e. The molecule has 1 aliphatic rings. The molecule has 0 aromatic carbocycles. The van der Waals surface area contributed by atoms with E-state index in [4.69, 9.17) is 9.47 Å². The van der Waals surface area contributed by atoms with Crippen LogP contribution in [0.3, 0.4) is 0 Å². The fourth-order valence-corrected chi connectivity index (χ4v) is 2.11. The van der Waals surface area contributed by atoms with Crippen molar-refractivity contribution in [3.05, 3.63) is 24.0 Å². The Morgan fingerprint density at radius 1 is 1.35 bits per heavy atom. The summed E-state index contributed by atoms with van der Waals surface area (Å²) in [6.07, 6.45) is 2.95. The molecule has 0 bridgehead atoms. The second-order valence-electron chi connectivity index (χ2n) is 4.96. The molecule has 0 aliphatic carbocycles. The van der Waals surface area contributed by atoms with Gasteiger partial charge in [-0.25, -0.2) is 0 Å². The third-order valence-corrected chi connectivity index (χ3v) is 3.31. The summed E-state index contributed by atoms with van der Waals surface area (Å²) in [5.41, 5.74) is 1.05. The van der Waals surface area contributed by atoms with Crippen LogP contribution < -0.4 is 10.1 Å². The molecule has 0 radical (unpaired) electrons. The first kappa shape index (κ1) is 15.2. The van der Waals surface area contributed by atoms with Crippen molar-refractivity contribution in [2.45, 2.75) is 19.9 Å². The average Bonchev–Trinajstić information content (AvgIpc) is 2.50. The molecular weight excluding hydrogens is 254 g/mol. The molecule has 5 nitrogen and oxygen atoms in total. The minimum Gasteiger partial charge on any atom is -0.491 e. The summed E-state index contributed by atoms with van der Waals surface area (Å²) in [5.74, 6) is 0.845. The summed E-state index contributed by atoms with van der Waals surface area (Å²) >= 11 is 0. The molecule has 1 aliphatic heterocycles. The zero-order valence-corrected chi connectivity index (χ0v) is 12.3. The maximum absolute atomic E-state index is 5.72. The summed E-state index contributed by atoms with van der Waals surface area (Å²) in [4.78, 5) is 6.76. The van der Waals surface area contributed by atoms with Gasteiger partial charge >= 0.3 is 0 Å². The minimum absolute atomic E-state index is 0.703. The normalized spacial score (nSPS) is 16.2. The van der Waals surface area contributed by atoms with E-state index >= 15 is 0 Å². The fraction of sp³-hybridized carbons (Fsp3) is 0.667. The Labute approximate surface area is 121 Å². The summed E-state index contributed by atoms with van der Waals surface area (Å²) in [7, 11) is 0. The van der Waals surface area contributed by atoms with Gasteiger partial charge in [-0.05, 0) is 25.1 Å². The van der Waals surface area contributed by atoms with Gasteiger partial charge in [-0.2, -0.15) is 0 Å². The Kier molecular flexibility index (Phi) is 6.77. The number of hydrogen-bond acceptors (Lipinski definition) is 5. The molecule has 0 saturated carbocycles. The molecule has 20 heavy (non-hydrogen) atoms. The van der Waals surface area contributed by atoms with E-state index in [1.54, 1.807) is 0 Å². The van der Waals surface area contributed by atoms with E-state index < -0.39 is 0 Å². The number of nitrogens with zero attached hydrogens (tertiary/aromatic N) is 2. The van der Waals surface area contributed by atoms with Crippen LogP contribution in [0.15, 0.2) is 18.3 Å². The Bertz CT molecular complexity index is 364. The number of aromatic nitrogens is 1. The standard InChI is InChI=1S/C15H25N3O2/c1-2-5-16-12-14-3-4-15(13-17-14)20-11-8-18-6-9-19-10-7-18/h3-4,13,16H,2,5-12H2,1H3. The monoisotopic (exact) mass is 279 g/mol. The van der Waals surface area contributed by atoms with E-state index in [0.29, 0.717) is 6.61 Å². The Hall–Kier alpha value is -1.17. The Morgan fingerprint density at radius 2 is 2.20 bits per heavy atom. The van der Waals surface area contributed by atoms with Crippen molar-refractivity contribution in [1.29, 1.82) is 0 Å². The summed E-state index contributed by atoms with van der Waals surface area (Å²) in [5, 5.41) is 3.34. The molecule has 5 heteroatoms. The maximum atomic E-state index is 5.72. The van der Waals surface area contributed by atoms with Crippen LogP contribution in [0.5, 0.6) is 5.75 Å². The summed E-state index contributed by atoms with van der Waals surface area (Å²) < 4.78 is 11.0. The first-order chi connectivity index (χ1) is 9.88. The van der Waals surface area contributed by atoms with Gasteiger partial charge in [-0.15, -0.1) is 0 Å². The highest BCUT2D eigenvalue weighted by molar-refractivity contribution is 5.19. The second kappa shape index (κ2) is 8.89. The number of nitrogens with one attached hydrogen (secondary N) is 1. The zero-order chi connectivity index (χ0) is 14.0. The third kappa shape index (κ3) is 5.45. The Balaban J connectivity index is 1.65. The van der Waals surface area contributed by atoms with Crippen molar-refractivity contribution in [3.63, 3.8) is 0 Å². The van der Waals surface area contributed by atoms with Crippen LogP contribution in [0, 0.1) is 0 Å². The molecule has 0 amide bonds. The first-order valence-corrected chi connectivity index (χ1v) is 7.47. The van der Waals surface area contributed by atoms with E-state index in [1.165, 1.54) is 0 Å². The maximum Gasteiger partial charge on any atom is 0.137 e. The van der Waals surface area contributed by atoms with Crippen molar-refractivity contribution in [3.8, 4) is 5.75 Å². The number of rotatable bonds is 8. The lowest BCUT2D eigenvalue weighted by molar-refractivity contribution is 0.0322. The van der Waals surface area contributed by atoms with E-state index in [0.717, 1.165) is 63.8 Å². The van der Waals surface area contributed by atoms with E-state index in [1.807, 2.05) is 18.3 Å². The predicted octanol–water partition coefficient (Wildman–Crippen LogP) is 1.29. The van der Waals surface area contributed by atoms with Gasteiger partial charge in [0, 0.05) is 26.2 Å². The summed E-state index contributed by atoms with van der Waals surface area (Å²) in [6.45, 7) is 9.33. The highest BCUT2D eigenvalue weighted by atomic mass is 16.5. The van der Waals surface area contributed by atoms with Crippen molar-refractivity contribution >= 4 is 0 Å². The molecule has 0 unspecified atom stereocenters. The van der Waals surface area contributed by atoms with E-state index in [2.05, 4.69) is 22.1 Å². The molecule has 0 atom stereocenters. The Morgan fingerprint density at radius 3 is 2.90 bits per heavy atom. The van der Waals surface area contributed by atoms with E-state index in [-0.39, 0.29) is 0 Å². The lowest BCUT2D eigenvalue weighted by Gasteiger charge is -2.26. The highest BCUT2D eigenvalue weighted by Gasteiger charge is 2.09. The number of morpholine rings is 1. The predicted molar refractivity (Wildman–Crippen MR) is 79.0 cm³/mol. The minimum atomic E-state index is 0.703. The van der Waals surface area contributed by atoms with Crippen LogP contribution >= 0.6 is 0 Å². The van der Waals surface area contributed by atoms with Gasteiger partial charge in [0.1, 0.15) is 12.4 Å². The zero-order valence-electron chi connectivity index (χ0n) is 12.3. The van der Waals surface area contributed by atoms with Crippen LogP contribution in [0.4, 0.5) is 0 Å². The van der Waals surface area contributed by atoms with Gasteiger partial charge in [0.15, 0.2) is 0 Å². The molecule has 1 saturated heterocycles. The lowest BCUT2D eigenvalue weighted by atomic mass is 10.3. The molecule has 112 valence electrons. The fourth-order valence-electron chi connectivity index (χ4n) is 2.11.